The van der Waals surface area contributed by atoms with Crippen LogP contribution in [0.15, 0.2) is 46.2 Å². The summed E-state index contributed by atoms with van der Waals surface area (Å²) in [6, 6.07) is 10.8. The molecule has 0 aromatic heterocycles. The van der Waals surface area contributed by atoms with E-state index in [1.807, 2.05) is 6.07 Å². The molecule has 0 saturated heterocycles. The summed E-state index contributed by atoms with van der Waals surface area (Å²) in [5.41, 5.74) is 14.8. The third-order valence-corrected chi connectivity index (χ3v) is 12.7. The minimum absolute atomic E-state index is 0.196. The topological polar surface area (TPSA) is 168 Å². The van der Waals surface area contributed by atoms with Gasteiger partial charge in [0.1, 0.15) is 0 Å². The largest absolute Gasteiger partial charge is 0.397 e. The summed E-state index contributed by atoms with van der Waals surface area (Å²) in [7, 11) is -5.50. The van der Waals surface area contributed by atoms with E-state index in [0.717, 1.165) is 47.9 Å². The first-order valence-electron chi connectivity index (χ1n) is 15.7. The highest BCUT2D eigenvalue weighted by Gasteiger charge is 2.48. The first-order valence-corrected chi connectivity index (χ1v) is 18.7. The fourth-order valence-corrected chi connectivity index (χ4v) is 9.72. The van der Waals surface area contributed by atoms with Crippen LogP contribution in [0.5, 0.6) is 0 Å². The molecule has 5 aliphatic carbocycles. The number of benzene rings is 2. The highest BCUT2D eigenvalue weighted by molar-refractivity contribution is 7.89. The van der Waals surface area contributed by atoms with Crippen molar-refractivity contribution in [1.82, 2.24) is 9.44 Å². The zero-order valence-corrected chi connectivity index (χ0v) is 26.9. The van der Waals surface area contributed by atoms with Crippen LogP contribution in [0.1, 0.15) is 71.1 Å². The van der Waals surface area contributed by atoms with Gasteiger partial charge in [0, 0.05) is 18.6 Å². The van der Waals surface area contributed by atoms with Crippen LogP contribution in [0.3, 0.4) is 0 Å². The standard InChI is InChI=1S/C18H27N3O2S.C13H21N3O2S/c1-2-20-24(22,23)15-3-4-17(16(19)10-15)21-18-13-6-11-5-12(8-13)9-14(18)7-11;1-15-19(17,18)11-7-8-13(12(14)9-11)16-10-5-3-2-4-6-10/h3-4,10-14,18,20-21H,2,5-9,19H2,1H3;7-10,15-16H,2-6,14H2,1H3. The Morgan fingerprint density at radius 1 is 0.721 bits per heavy atom. The minimum atomic E-state index is -3.46. The number of hydrogen-bond acceptors (Lipinski definition) is 8. The molecular weight excluding hydrogens is 585 g/mol. The van der Waals surface area contributed by atoms with E-state index in [0.29, 0.717) is 30.0 Å². The smallest absolute Gasteiger partial charge is 0.240 e. The van der Waals surface area contributed by atoms with Gasteiger partial charge in [-0.15, -0.1) is 0 Å². The minimum Gasteiger partial charge on any atom is -0.397 e. The Morgan fingerprint density at radius 2 is 1.23 bits per heavy atom. The van der Waals surface area contributed by atoms with E-state index in [-0.39, 0.29) is 9.79 Å². The van der Waals surface area contributed by atoms with Gasteiger partial charge in [0.2, 0.25) is 20.0 Å². The molecule has 43 heavy (non-hydrogen) atoms. The number of rotatable bonds is 9. The number of sulfonamides is 2. The van der Waals surface area contributed by atoms with Gasteiger partial charge in [-0.25, -0.2) is 26.3 Å². The second-order valence-electron chi connectivity index (χ2n) is 12.8. The number of anilines is 4. The fraction of sp³-hybridized carbons (Fsp3) is 0.613. The lowest BCUT2D eigenvalue weighted by Gasteiger charge is -2.54. The summed E-state index contributed by atoms with van der Waals surface area (Å²) in [6.07, 6.45) is 12.9. The van der Waals surface area contributed by atoms with Crippen molar-refractivity contribution >= 4 is 42.8 Å². The average Bonchev–Trinajstić information content (AvgIpc) is 2.97. The Hall–Kier alpha value is -2.54. The van der Waals surface area contributed by atoms with E-state index in [1.165, 1.54) is 64.5 Å². The van der Waals surface area contributed by atoms with E-state index in [9.17, 15) is 16.8 Å². The lowest BCUT2D eigenvalue weighted by molar-refractivity contribution is 0.00756. The van der Waals surface area contributed by atoms with Crippen molar-refractivity contribution in [1.29, 1.82) is 0 Å². The van der Waals surface area contributed by atoms with Crippen LogP contribution in [0.25, 0.3) is 0 Å². The van der Waals surface area contributed by atoms with Crippen LogP contribution in [0.4, 0.5) is 22.7 Å². The molecule has 0 amide bonds. The molecule has 10 nitrogen and oxygen atoms in total. The molecule has 0 unspecified atom stereocenters. The molecule has 0 spiro atoms. The monoisotopic (exact) mass is 632 g/mol. The molecule has 0 atom stereocenters. The van der Waals surface area contributed by atoms with Crippen molar-refractivity contribution in [3.05, 3.63) is 36.4 Å². The van der Waals surface area contributed by atoms with E-state index < -0.39 is 20.0 Å². The first kappa shape index (κ1) is 31.9. The Bertz CT molecular complexity index is 1460. The van der Waals surface area contributed by atoms with Crippen molar-refractivity contribution in [2.45, 2.75) is 93.0 Å². The van der Waals surface area contributed by atoms with Crippen LogP contribution < -0.4 is 31.5 Å². The molecule has 0 aliphatic heterocycles. The van der Waals surface area contributed by atoms with Crippen LogP contribution in [-0.2, 0) is 20.0 Å². The number of nitrogens with one attached hydrogen (secondary N) is 4. The Morgan fingerprint density at radius 3 is 1.72 bits per heavy atom. The highest BCUT2D eigenvalue weighted by Crippen LogP contribution is 2.54. The van der Waals surface area contributed by atoms with Crippen molar-refractivity contribution < 1.29 is 16.8 Å². The molecule has 2 aromatic rings. The molecule has 5 saturated carbocycles. The molecule has 5 fully saturated rings. The predicted molar refractivity (Wildman–Crippen MR) is 174 cm³/mol. The van der Waals surface area contributed by atoms with Gasteiger partial charge in [0.05, 0.1) is 32.5 Å². The van der Waals surface area contributed by atoms with Crippen LogP contribution in [0.2, 0.25) is 0 Å². The lowest BCUT2D eigenvalue weighted by Crippen LogP contribution is -2.51. The normalized spacial score (nSPS) is 26.9. The Kier molecular flexibility index (Phi) is 9.79. The van der Waals surface area contributed by atoms with Crippen LogP contribution >= 0.6 is 0 Å². The Balaban J connectivity index is 0.000000177. The zero-order chi connectivity index (χ0) is 30.8. The third-order valence-electron chi connectivity index (χ3n) is 9.78. The highest BCUT2D eigenvalue weighted by atomic mass is 32.2. The second-order valence-corrected chi connectivity index (χ2v) is 16.4. The number of nitrogens with two attached hydrogens (primary N) is 2. The summed E-state index contributed by atoms with van der Waals surface area (Å²) < 4.78 is 52.3. The maximum Gasteiger partial charge on any atom is 0.240 e. The number of nitrogen functional groups attached to an aromatic ring is 2. The number of hydrogen-bond donors (Lipinski definition) is 6. The van der Waals surface area contributed by atoms with Gasteiger partial charge in [-0.3, -0.25) is 0 Å². The third kappa shape index (κ3) is 7.41. The molecule has 8 N–H and O–H groups in total. The average molecular weight is 633 g/mol. The fourth-order valence-electron chi connectivity index (χ4n) is 7.88. The molecule has 2 aromatic carbocycles. The van der Waals surface area contributed by atoms with E-state index >= 15 is 0 Å². The van der Waals surface area contributed by atoms with Gasteiger partial charge in [0.25, 0.3) is 0 Å². The summed E-state index contributed by atoms with van der Waals surface area (Å²) in [4.78, 5) is 0.430. The van der Waals surface area contributed by atoms with E-state index in [2.05, 4.69) is 20.1 Å². The van der Waals surface area contributed by atoms with Crippen LogP contribution in [0, 0.1) is 23.7 Å². The predicted octanol–water partition coefficient (Wildman–Crippen LogP) is 4.73. The molecule has 238 valence electrons. The van der Waals surface area contributed by atoms with Gasteiger partial charge < -0.3 is 22.1 Å². The van der Waals surface area contributed by atoms with Crippen molar-refractivity contribution in [3.63, 3.8) is 0 Å². The van der Waals surface area contributed by atoms with Crippen LogP contribution in [-0.4, -0.2) is 42.5 Å². The summed E-state index contributed by atoms with van der Waals surface area (Å²) in [5, 5.41) is 7.07. The second kappa shape index (κ2) is 13.2. The molecule has 0 radical (unpaired) electrons. The molecule has 5 aliphatic rings. The lowest BCUT2D eigenvalue weighted by atomic mass is 9.54. The van der Waals surface area contributed by atoms with Gasteiger partial charge in [0.15, 0.2) is 0 Å². The van der Waals surface area contributed by atoms with Crippen molar-refractivity contribution in [3.8, 4) is 0 Å². The van der Waals surface area contributed by atoms with E-state index in [1.54, 1.807) is 31.2 Å². The maximum absolute atomic E-state index is 12.1. The molecule has 7 rings (SSSR count). The Labute approximate surface area is 257 Å². The summed E-state index contributed by atoms with van der Waals surface area (Å²) >= 11 is 0. The van der Waals surface area contributed by atoms with Gasteiger partial charge in [-0.05, 0) is 112 Å². The van der Waals surface area contributed by atoms with E-state index in [4.69, 9.17) is 11.5 Å². The zero-order valence-electron chi connectivity index (χ0n) is 25.3. The maximum atomic E-state index is 12.1. The molecular formula is C31H48N6O4S2. The summed E-state index contributed by atoms with van der Waals surface area (Å²) in [6.45, 7) is 2.14. The SMILES string of the molecule is CCNS(=O)(=O)c1ccc(NC2C3CC4CC(C3)CC2C4)c(N)c1.CNS(=O)(=O)c1ccc(NC2CCCCC2)c(N)c1. The van der Waals surface area contributed by atoms with Gasteiger partial charge >= 0.3 is 0 Å². The first-order chi connectivity index (χ1) is 20.5. The van der Waals surface area contributed by atoms with Gasteiger partial charge in [-0.2, -0.15) is 0 Å². The van der Waals surface area contributed by atoms with Crippen molar-refractivity contribution in [2.75, 3.05) is 35.7 Å². The quantitative estimate of drug-likeness (QED) is 0.216. The van der Waals surface area contributed by atoms with Crippen molar-refractivity contribution in [2.24, 2.45) is 23.7 Å². The molecule has 12 heteroatoms. The van der Waals surface area contributed by atoms with Gasteiger partial charge in [-0.1, -0.05) is 26.2 Å². The molecule has 4 bridgehead atoms. The summed E-state index contributed by atoms with van der Waals surface area (Å²) in [5.74, 6) is 3.39. The molecule has 0 heterocycles.